The van der Waals surface area contributed by atoms with Crippen LogP contribution < -0.4 is 0 Å². The molecular weight excluding hydrogens is 236 g/mol. The van der Waals surface area contributed by atoms with Crippen molar-refractivity contribution in [1.82, 2.24) is 9.80 Å². The van der Waals surface area contributed by atoms with E-state index in [1.54, 1.807) is 0 Å². The Bertz CT molecular complexity index is 233. The van der Waals surface area contributed by atoms with Crippen LogP contribution in [0.3, 0.4) is 0 Å². The monoisotopic (exact) mass is 268 g/mol. The van der Waals surface area contributed by atoms with Gasteiger partial charge >= 0.3 is 0 Å². The Hall–Kier alpha value is -0.120. The summed E-state index contributed by atoms with van der Waals surface area (Å²) in [7, 11) is 2.32. The number of rotatable bonds is 7. The largest absolute Gasteiger partial charge is 0.378 e. The van der Waals surface area contributed by atoms with Crippen molar-refractivity contribution in [2.24, 2.45) is 0 Å². The van der Waals surface area contributed by atoms with E-state index in [4.69, 9.17) is 4.74 Å². The van der Waals surface area contributed by atoms with Crippen molar-refractivity contribution in [2.45, 2.75) is 64.0 Å². The molecule has 2 heterocycles. The lowest BCUT2D eigenvalue weighted by atomic mass is 10.0. The average molecular weight is 268 g/mol. The van der Waals surface area contributed by atoms with Gasteiger partial charge in [0.2, 0.25) is 0 Å². The molecule has 2 rings (SSSR count). The lowest BCUT2D eigenvalue weighted by Gasteiger charge is -2.36. The molecule has 112 valence electrons. The van der Waals surface area contributed by atoms with Crippen LogP contribution in [-0.2, 0) is 4.74 Å². The zero-order valence-electron chi connectivity index (χ0n) is 12.9. The first-order valence-corrected chi connectivity index (χ1v) is 8.33. The molecule has 2 fully saturated rings. The van der Waals surface area contributed by atoms with Crippen molar-refractivity contribution >= 4 is 0 Å². The van der Waals surface area contributed by atoms with E-state index in [1.807, 2.05) is 0 Å². The van der Waals surface area contributed by atoms with E-state index in [1.165, 1.54) is 71.1 Å². The van der Waals surface area contributed by atoms with Gasteiger partial charge in [0.1, 0.15) is 0 Å². The molecule has 2 aliphatic heterocycles. The highest BCUT2D eigenvalue weighted by atomic mass is 16.5. The summed E-state index contributed by atoms with van der Waals surface area (Å²) < 4.78 is 5.70. The molecule has 1 unspecified atom stereocenters. The first-order chi connectivity index (χ1) is 9.29. The fourth-order valence-corrected chi connectivity index (χ4v) is 3.52. The first kappa shape index (κ1) is 15.3. The molecule has 0 spiro atoms. The summed E-state index contributed by atoms with van der Waals surface area (Å²) in [6, 6.07) is 0.817. The lowest BCUT2D eigenvalue weighted by molar-refractivity contribution is 0.0917. The van der Waals surface area contributed by atoms with Gasteiger partial charge in [0.15, 0.2) is 0 Å². The SMILES string of the molecule is CCCN1CCC(N(C)CCCC2CCCO2)CC1. The van der Waals surface area contributed by atoms with E-state index in [-0.39, 0.29) is 0 Å². The van der Waals surface area contributed by atoms with Gasteiger partial charge < -0.3 is 14.5 Å². The van der Waals surface area contributed by atoms with Gasteiger partial charge in [-0.25, -0.2) is 0 Å². The van der Waals surface area contributed by atoms with Gasteiger partial charge in [-0.1, -0.05) is 6.92 Å². The van der Waals surface area contributed by atoms with E-state index in [9.17, 15) is 0 Å². The zero-order valence-corrected chi connectivity index (χ0v) is 12.9. The first-order valence-electron chi connectivity index (χ1n) is 8.33. The molecule has 0 radical (unpaired) electrons. The topological polar surface area (TPSA) is 15.7 Å². The predicted molar refractivity (Wildman–Crippen MR) is 80.6 cm³/mol. The van der Waals surface area contributed by atoms with Gasteiger partial charge in [-0.05, 0) is 78.2 Å². The van der Waals surface area contributed by atoms with E-state index in [0.29, 0.717) is 6.10 Å². The van der Waals surface area contributed by atoms with Crippen LogP contribution in [0.4, 0.5) is 0 Å². The summed E-state index contributed by atoms with van der Waals surface area (Å²) in [5.74, 6) is 0. The Morgan fingerprint density at radius 2 is 2.00 bits per heavy atom. The molecule has 0 N–H and O–H groups in total. The summed E-state index contributed by atoms with van der Waals surface area (Å²) in [6.45, 7) is 8.41. The van der Waals surface area contributed by atoms with Crippen LogP contribution in [-0.4, -0.2) is 61.8 Å². The second-order valence-electron chi connectivity index (χ2n) is 6.33. The highest BCUT2D eigenvalue weighted by Crippen LogP contribution is 2.19. The van der Waals surface area contributed by atoms with Gasteiger partial charge in [-0.15, -0.1) is 0 Å². The third-order valence-corrected chi connectivity index (χ3v) is 4.78. The smallest absolute Gasteiger partial charge is 0.0576 e. The Morgan fingerprint density at radius 1 is 1.21 bits per heavy atom. The number of nitrogens with zero attached hydrogens (tertiary/aromatic N) is 2. The van der Waals surface area contributed by atoms with Crippen molar-refractivity contribution < 1.29 is 4.74 Å². The molecule has 0 bridgehead atoms. The van der Waals surface area contributed by atoms with Crippen LogP contribution in [0.25, 0.3) is 0 Å². The number of piperidine rings is 1. The van der Waals surface area contributed by atoms with Crippen molar-refractivity contribution in [1.29, 1.82) is 0 Å². The van der Waals surface area contributed by atoms with Crippen molar-refractivity contribution in [3.63, 3.8) is 0 Å². The Morgan fingerprint density at radius 3 is 2.63 bits per heavy atom. The molecule has 3 heteroatoms. The molecule has 0 aromatic rings. The van der Waals surface area contributed by atoms with Gasteiger partial charge in [0, 0.05) is 12.6 Å². The molecule has 3 nitrogen and oxygen atoms in total. The highest BCUT2D eigenvalue weighted by molar-refractivity contribution is 4.78. The molecule has 2 saturated heterocycles. The molecule has 0 aromatic heterocycles. The van der Waals surface area contributed by atoms with Gasteiger partial charge in [0.05, 0.1) is 6.10 Å². The van der Waals surface area contributed by atoms with Crippen molar-refractivity contribution in [3.05, 3.63) is 0 Å². The average Bonchev–Trinajstić information content (AvgIpc) is 2.93. The molecule has 1 atom stereocenters. The van der Waals surface area contributed by atoms with Crippen molar-refractivity contribution in [2.75, 3.05) is 39.8 Å². The minimum absolute atomic E-state index is 0.569. The summed E-state index contributed by atoms with van der Waals surface area (Å²) in [6.07, 6.45) is 9.71. The second-order valence-corrected chi connectivity index (χ2v) is 6.33. The minimum Gasteiger partial charge on any atom is -0.378 e. The van der Waals surface area contributed by atoms with E-state index in [0.717, 1.165) is 12.6 Å². The Labute approximate surface area is 119 Å². The lowest BCUT2D eigenvalue weighted by Crippen LogP contribution is -2.43. The molecule has 0 amide bonds. The minimum atomic E-state index is 0.569. The van der Waals surface area contributed by atoms with Gasteiger partial charge in [-0.2, -0.15) is 0 Å². The highest BCUT2D eigenvalue weighted by Gasteiger charge is 2.22. The van der Waals surface area contributed by atoms with Gasteiger partial charge in [0.25, 0.3) is 0 Å². The van der Waals surface area contributed by atoms with Crippen LogP contribution in [0.2, 0.25) is 0 Å². The van der Waals surface area contributed by atoms with Crippen LogP contribution in [0.1, 0.15) is 51.9 Å². The summed E-state index contributed by atoms with van der Waals surface area (Å²) in [5, 5.41) is 0. The number of hydrogen-bond donors (Lipinski definition) is 0. The van der Waals surface area contributed by atoms with Gasteiger partial charge in [-0.3, -0.25) is 0 Å². The molecule has 19 heavy (non-hydrogen) atoms. The number of hydrogen-bond acceptors (Lipinski definition) is 3. The number of likely N-dealkylation sites (tertiary alicyclic amines) is 1. The maximum absolute atomic E-state index is 5.70. The zero-order chi connectivity index (χ0) is 13.5. The van der Waals surface area contributed by atoms with Crippen molar-refractivity contribution in [3.8, 4) is 0 Å². The maximum atomic E-state index is 5.70. The van der Waals surface area contributed by atoms with E-state index in [2.05, 4.69) is 23.8 Å². The van der Waals surface area contributed by atoms with E-state index < -0.39 is 0 Å². The van der Waals surface area contributed by atoms with Crippen LogP contribution in [0.15, 0.2) is 0 Å². The Balaban J connectivity index is 1.57. The molecule has 0 aliphatic carbocycles. The summed E-state index contributed by atoms with van der Waals surface area (Å²) >= 11 is 0. The van der Waals surface area contributed by atoms with Crippen LogP contribution >= 0.6 is 0 Å². The molecule has 0 saturated carbocycles. The quantitative estimate of drug-likeness (QED) is 0.706. The fraction of sp³-hybridized carbons (Fsp3) is 1.00. The standard InChI is InChI=1S/C16H32N2O/c1-3-10-18-12-8-15(9-13-18)17(2)11-4-6-16-7-5-14-19-16/h15-16H,3-14H2,1-2H3. The Kier molecular flexibility index (Phi) is 6.62. The normalized spacial score (nSPS) is 26.4. The fourth-order valence-electron chi connectivity index (χ4n) is 3.52. The summed E-state index contributed by atoms with van der Waals surface area (Å²) in [4.78, 5) is 5.22. The third-order valence-electron chi connectivity index (χ3n) is 4.78. The molecule has 2 aliphatic rings. The molecule has 0 aromatic carbocycles. The number of ether oxygens (including phenoxy) is 1. The third kappa shape index (κ3) is 5.05. The second kappa shape index (κ2) is 8.23. The predicted octanol–water partition coefficient (Wildman–Crippen LogP) is 2.75. The van der Waals surface area contributed by atoms with E-state index >= 15 is 0 Å². The van der Waals surface area contributed by atoms with Crippen LogP contribution in [0.5, 0.6) is 0 Å². The summed E-state index contributed by atoms with van der Waals surface area (Å²) in [5.41, 5.74) is 0. The molecular formula is C16H32N2O. The maximum Gasteiger partial charge on any atom is 0.0576 e. The van der Waals surface area contributed by atoms with Crippen LogP contribution in [0, 0.1) is 0 Å².